The minimum absolute atomic E-state index is 0.127. The van der Waals surface area contributed by atoms with Crippen LogP contribution in [0.25, 0.3) is 0 Å². The summed E-state index contributed by atoms with van der Waals surface area (Å²) in [7, 11) is 0. The van der Waals surface area contributed by atoms with Gasteiger partial charge in [-0.05, 0) is 18.3 Å². The third-order valence-corrected chi connectivity index (χ3v) is 3.52. The fourth-order valence-corrected chi connectivity index (χ4v) is 3.09. The lowest BCUT2D eigenvalue weighted by molar-refractivity contribution is -0.123. The Morgan fingerprint density at radius 3 is 2.50 bits per heavy atom. The summed E-state index contributed by atoms with van der Waals surface area (Å²) in [5.74, 6) is 2.13. The summed E-state index contributed by atoms with van der Waals surface area (Å²) in [6.45, 7) is 0. The van der Waals surface area contributed by atoms with Gasteiger partial charge in [-0.3, -0.25) is 4.79 Å². The minimum Gasteiger partial charge on any atom is -0.303 e. The number of hydrogen-bond acceptors (Lipinski definition) is 2. The van der Waals surface area contributed by atoms with Gasteiger partial charge in [0.25, 0.3) is 0 Å². The monoisotopic (exact) mass is 136 g/mol. The van der Waals surface area contributed by atoms with Crippen molar-refractivity contribution >= 4 is 12.1 Å². The van der Waals surface area contributed by atoms with Gasteiger partial charge in [-0.15, -0.1) is 0 Å². The maximum Gasteiger partial charge on any atom is 0.140 e. The first-order valence-corrected chi connectivity index (χ1v) is 3.83. The molecule has 4 fully saturated rings. The van der Waals surface area contributed by atoms with Crippen molar-refractivity contribution in [2.75, 3.05) is 0 Å². The molecule has 2 nitrogen and oxygen atoms in total. The number of aldehydes is 1. The van der Waals surface area contributed by atoms with Crippen molar-refractivity contribution in [1.82, 2.24) is 0 Å². The van der Waals surface area contributed by atoms with E-state index in [1.165, 1.54) is 0 Å². The van der Waals surface area contributed by atoms with Crippen molar-refractivity contribution in [3.05, 3.63) is 0 Å². The van der Waals surface area contributed by atoms with E-state index in [1.807, 2.05) is 0 Å². The van der Waals surface area contributed by atoms with E-state index in [0.29, 0.717) is 23.5 Å². The van der Waals surface area contributed by atoms with Crippen LogP contribution in [-0.4, -0.2) is 12.1 Å². The molecule has 52 valence electrons. The van der Waals surface area contributed by atoms with Gasteiger partial charge in [0.05, 0.1) is 0 Å². The molecule has 4 saturated carbocycles. The van der Waals surface area contributed by atoms with Crippen molar-refractivity contribution in [3.63, 3.8) is 0 Å². The highest BCUT2D eigenvalue weighted by molar-refractivity contribution is 5.96. The average Bonchev–Trinajstić information content (AvgIpc) is 2.29. The summed E-state index contributed by atoms with van der Waals surface area (Å²) in [4.78, 5) is 21.7. The zero-order chi connectivity index (χ0) is 6.88. The highest BCUT2D eigenvalue weighted by atomic mass is 16.1. The van der Waals surface area contributed by atoms with Gasteiger partial charge in [-0.25, -0.2) is 0 Å². The average molecular weight is 136 g/mol. The molecule has 2 heteroatoms. The predicted octanol–water partition coefficient (Wildman–Crippen LogP) is 0.266. The topological polar surface area (TPSA) is 34.1 Å². The van der Waals surface area contributed by atoms with E-state index in [2.05, 4.69) is 0 Å². The number of ketones is 1. The van der Waals surface area contributed by atoms with Crippen molar-refractivity contribution in [2.45, 2.75) is 6.42 Å². The molecule has 0 heterocycles. The molecule has 0 spiro atoms. The van der Waals surface area contributed by atoms with Crippen LogP contribution in [0.5, 0.6) is 0 Å². The number of carbonyl (C=O) groups is 2. The maximum atomic E-state index is 11.2. The lowest BCUT2D eigenvalue weighted by Gasteiger charge is -2.01. The standard InChI is InChI=1S/C8H8O2/c9-2-5-3-1-4-6(5)7(4)8(3)10/h2-7H,1H2. The lowest BCUT2D eigenvalue weighted by atomic mass is 10.00. The van der Waals surface area contributed by atoms with E-state index < -0.39 is 0 Å². The Morgan fingerprint density at radius 2 is 2.30 bits per heavy atom. The third-order valence-electron chi connectivity index (χ3n) is 3.52. The lowest BCUT2D eigenvalue weighted by Crippen LogP contribution is -2.11. The van der Waals surface area contributed by atoms with Gasteiger partial charge in [-0.2, -0.15) is 0 Å². The molecule has 0 aliphatic heterocycles. The number of carbonyl (C=O) groups excluding carboxylic acids is 2. The van der Waals surface area contributed by atoms with Crippen molar-refractivity contribution < 1.29 is 9.59 Å². The maximum absolute atomic E-state index is 11.2. The van der Waals surface area contributed by atoms with Crippen molar-refractivity contribution in [2.24, 2.45) is 29.6 Å². The van der Waals surface area contributed by atoms with Crippen molar-refractivity contribution in [1.29, 1.82) is 0 Å². The highest BCUT2D eigenvalue weighted by Crippen LogP contribution is 2.70. The smallest absolute Gasteiger partial charge is 0.140 e. The van der Waals surface area contributed by atoms with Gasteiger partial charge in [-0.1, -0.05) is 0 Å². The normalized spacial score (nSPS) is 61.2. The van der Waals surface area contributed by atoms with E-state index >= 15 is 0 Å². The second-order valence-corrected chi connectivity index (χ2v) is 3.72. The van der Waals surface area contributed by atoms with E-state index in [1.54, 1.807) is 0 Å². The van der Waals surface area contributed by atoms with Gasteiger partial charge in [0.1, 0.15) is 12.1 Å². The summed E-state index contributed by atoms with van der Waals surface area (Å²) in [6.07, 6.45) is 2.03. The largest absolute Gasteiger partial charge is 0.303 e. The van der Waals surface area contributed by atoms with Gasteiger partial charge >= 0.3 is 0 Å². The molecular formula is C8H8O2. The molecule has 5 unspecified atom stereocenters. The second-order valence-electron chi connectivity index (χ2n) is 3.72. The molecule has 4 aliphatic rings. The minimum atomic E-state index is 0.127. The summed E-state index contributed by atoms with van der Waals surface area (Å²) in [6, 6.07) is 0. The van der Waals surface area contributed by atoms with Gasteiger partial charge < -0.3 is 4.79 Å². The molecule has 4 bridgehead atoms. The summed E-state index contributed by atoms with van der Waals surface area (Å²) in [5, 5.41) is 0. The molecule has 0 radical (unpaired) electrons. The van der Waals surface area contributed by atoms with E-state index in [9.17, 15) is 9.59 Å². The molecule has 10 heavy (non-hydrogen) atoms. The van der Waals surface area contributed by atoms with E-state index in [0.717, 1.165) is 12.7 Å². The van der Waals surface area contributed by atoms with Gasteiger partial charge in [0, 0.05) is 17.8 Å². The Hall–Kier alpha value is -0.660. The molecule has 0 aromatic heterocycles. The van der Waals surface area contributed by atoms with E-state index in [4.69, 9.17) is 0 Å². The van der Waals surface area contributed by atoms with Crippen LogP contribution < -0.4 is 0 Å². The molecule has 0 aromatic carbocycles. The molecule has 0 N–H and O–H groups in total. The zero-order valence-electron chi connectivity index (χ0n) is 5.49. The Kier molecular flexibility index (Phi) is 0.607. The zero-order valence-corrected chi connectivity index (χ0v) is 5.49. The molecule has 0 amide bonds. The van der Waals surface area contributed by atoms with Crippen LogP contribution in [-0.2, 0) is 9.59 Å². The van der Waals surface area contributed by atoms with Crippen LogP contribution in [0, 0.1) is 29.6 Å². The Labute approximate surface area is 58.6 Å². The number of rotatable bonds is 1. The van der Waals surface area contributed by atoms with Crippen LogP contribution in [0.15, 0.2) is 0 Å². The Balaban J connectivity index is 2.09. The molecule has 5 atom stereocenters. The van der Waals surface area contributed by atoms with Crippen LogP contribution >= 0.6 is 0 Å². The van der Waals surface area contributed by atoms with Crippen LogP contribution in [0.2, 0.25) is 0 Å². The molecular weight excluding hydrogens is 128 g/mol. The Morgan fingerprint density at radius 1 is 1.50 bits per heavy atom. The van der Waals surface area contributed by atoms with Gasteiger partial charge in [0.15, 0.2) is 0 Å². The molecule has 0 aromatic rings. The molecule has 0 saturated heterocycles. The second kappa shape index (κ2) is 1.20. The summed E-state index contributed by atoms with van der Waals surface area (Å²) >= 11 is 0. The fraction of sp³-hybridized carbons (Fsp3) is 0.750. The van der Waals surface area contributed by atoms with Crippen LogP contribution in [0.3, 0.4) is 0 Å². The molecule has 4 aliphatic carbocycles. The summed E-state index contributed by atoms with van der Waals surface area (Å²) < 4.78 is 0. The highest BCUT2D eigenvalue weighted by Gasteiger charge is 2.73. The number of Topliss-reactive ketones (excluding diaryl/α,β-unsaturated/α-hetero) is 1. The first-order chi connectivity index (χ1) is 4.84. The van der Waals surface area contributed by atoms with Crippen molar-refractivity contribution in [3.8, 4) is 0 Å². The fourth-order valence-electron chi connectivity index (χ4n) is 3.09. The first kappa shape index (κ1) is 5.05. The first-order valence-electron chi connectivity index (χ1n) is 3.83. The van der Waals surface area contributed by atoms with Crippen LogP contribution in [0.1, 0.15) is 6.42 Å². The van der Waals surface area contributed by atoms with Gasteiger partial charge in [0.2, 0.25) is 0 Å². The quantitative estimate of drug-likeness (QED) is 0.485. The van der Waals surface area contributed by atoms with E-state index in [-0.39, 0.29) is 11.8 Å². The van der Waals surface area contributed by atoms with Crippen LogP contribution in [0.4, 0.5) is 0 Å². The Bertz CT molecular complexity index is 233. The predicted molar refractivity (Wildman–Crippen MR) is 33.1 cm³/mol. The molecule has 4 rings (SSSR count). The number of hydrogen-bond donors (Lipinski definition) is 0. The third kappa shape index (κ3) is 0.300. The SMILES string of the molecule is O=CC1C2CC3C(C2=O)C13. The summed E-state index contributed by atoms with van der Waals surface area (Å²) in [5.41, 5.74) is 0.